The molecule has 0 bridgehead atoms. The van der Waals surface area contributed by atoms with E-state index in [1.807, 2.05) is 30.3 Å². The lowest BCUT2D eigenvalue weighted by Crippen LogP contribution is -2.23. The minimum absolute atomic E-state index is 0.196. The zero-order valence-electron chi connectivity index (χ0n) is 12.3. The Kier molecular flexibility index (Phi) is 3.92. The molecule has 1 amide bonds. The van der Waals surface area contributed by atoms with Gasteiger partial charge in [0.15, 0.2) is 0 Å². The number of aromatic amines is 1. The molecule has 0 fully saturated rings. The van der Waals surface area contributed by atoms with E-state index in [1.165, 1.54) is 11.3 Å². The smallest absolute Gasteiger partial charge is 0.268 e. The molecule has 0 radical (unpaired) electrons. The number of carbonyl (C=O) groups is 1. The second-order valence-corrected chi connectivity index (χ2v) is 7.36. The molecule has 2 N–H and O–H groups in total. The van der Waals surface area contributed by atoms with Crippen LogP contribution in [0.3, 0.4) is 0 Å². The molecule has 0 saturated heterocycles. The number of hydrogen-bond acceptors (Lipinski definition) is 3. The standard InChI is InChI=1S/C17H11Cl2N3OS/c18-14-15-13(24-16(14)19)6-12(22-15)17(23)21-8-9-5-10-3-1-2-4-11(10)20-7-9/h1-7,22H,8H2,(H,21,23). The Labute approximate surface area is 151 Å². The van der Waals surface area contributed by atoms with E-state index >= 15 is 0 Å². The molecule has 0 aliphatic carbocycles. The van der Waals surface area contributed by atoms with Crippen molar-refractivity contribution in [3.8, 4) is 0 Å². The van der Waals surface area contributed by atoms with Crippen LogP contribution in [0.25, 0.3) is 21.1 Å². The molecule has 0 saturated carbocycles. The van der Waals surface area contributed by atoms with E-state index in [-0.39, 0.29) is 5.91 Å². The third-order valence-electron chi connectivity index (χ3n) is 3.72. The fourth-order valence-electron chi connectivity index (χ4n) is 2.53. The van der Waals surface area contributed by atoms with Gasteiger partial charge in [-0.2, -0.15) is 0 Å². The number of benzene rings is 1. The Balaban J connectivity index is 1.52. The first-order valence-corrected chi connectivity index (χ1v) is 8.77. The number of amides is 1. The largest absolute Gasteiger partial charge is 0.349 e. The summed E-state index contributed by atoms with van der Waals surface area (Å²) in [5, 5.41) is 4.38. The Morgan fingerprint density at radius 3 is 2.92 bits per heavy atom. The molecule has 0 aliphatic rings. The lowest BCUT2D eigenvalue weighted by molar-refractivity contribution is 0.0947. The van der Waals surface area contributed by atoms with E-state index in [2.05, 4.69) is 15.3 Å². The number of rotatable bonds is 3. The highest BCUT2D eigenvalue weighted by Crippen LogP contribution is 2.38. The summed E-state index contributed by atoms with van der Waals surface area (Å²) in [5.74, 6) is -0.196. The van der Waals surface area contributed by atoms with E-state index in [0.717, 1.165) is 21.2 Å². The second-order valence-electron chi connectivity index (χ2n) is 5.33. The molecule has 4 rings (SSSR count). The molecule has 0 atom stereocenters. The van der Waals surface area contributed by atoms with Crippen LogP contribution in [-0.2, 0) is 6.54 Å². The average molecular weight is 376 g/mol. The molecule has 0 spiro atoms. The highest BCUT2D eigenvalue weighted by molar-refractivity contribution is 7.23. The number of H-pyrrole nitrogens is 1. The van der Waals surface area contributed by atoms with Gasteiger partial charge in [0, 0.05) is 18.1 Å². The summed E-state index contributed by atoms with van der Waals surface area (Å²) < 4.78 is 1.38. The lowest BCUT2D eigenvalue weighted by atomic mass is 10.1. The Hall–Kier alpha value is -2.08. The van der Waals surface area contributed by atoms with Gasteiger partial charge in [-0.1, -0.05) is 41.4 Å². The SMILES string of the molecule is O=C(NCc1cnc2ccccc2c1)c1cc2sc(Cl)c(Cl)c2[nH]1. The van der Waals surface area contributed by atoms with Crippen molar-refractivity contribution in [3.63, 3.8) is 0 Å². The van der Waals surface area contributed by atoms with Crippen LogP contribution in [0.4, 0.5) is 0 Å². The molecule has 24 heavy (non-hydrogen) atoms. The monoisotopic (exact) mass is 375 g/mol. The molecule has 120 valence electrons. The van der Waals surface area contributed by atoms with Gasteiger partial charge in [0.1, 0.15) is 10.0 Å². The van der Waals surface area contributed by atoms with Crippen molar-refractivity contribution in [3.05, 3.63) is 63.2 Å². The van der Waals surface area contributed by atoms with Crippen molar-refractivity contribution in [2.24, 2.45) is 0 Å². The summed E-state index contributed by atoms with van der Waals surface area (Å²) in [5.41, 5.74) is 3.04. The van der Waals surface area contributed by atoms with E-state index in [9.17, 15) is 4.79 Å². The number of hydrogen-bond donors (Lipinski definition) is 2. The summed E-state index contributed by atoms with van der Waals surface area (Å²) in [6, 6.07) is 11.6. The van der Waals surface area contributed by atoms with Crippen molar-refractivity contribution in [2.75, 3.05) is 0 Å². The molecule has 1 aromatic carbocycles. The molecule has 0 unspecified atom stereocenters. The fourth-order valence-corrected chi connectivity index (χ4v) is 4.01. The molecule has 3 heterocycles. The minimum Gasteiger partial charge on any atom is -0.349 e. The third-order valence-corrected chi connectivity index (χ3v) is 5.65. The van der Waals surface area contributed by atoms with Crippen LogP contribution in [0.15, 0.2) is 42.6 Å². The first-order valence-electron chi connectivity index (χ1n) is 7.20. The van der Waals surface area contributed by atoms with Crippen LogP contribution in [0.5, 0.6) is 0 Å². The van der Waals surface area contributed by atoms with E-state index < -0.39 is 0 Å². The van der Waals surface area contributed by atoms with Crippen LogP contribution in [0.2, 0.25) is 9.36 Å². The van der Waals surface area contributed by atoms with E-state index in [4.69, 9.17) is 23.2 Å². The Morgan fingerprint density at radius 1 is 1.25 bits per heavy atom. The minimum atomic E-state index is -0.196. The van der Waals surface area contributed by atoms with E-state index in [1.54, 1.807) is 12.3 Å². The molecule has 4 nitrogen and oxygen atoms in total. The third kappa shape index (κ3) is 2.75. The van der Waals surface area contributed by atoms with Crippen LogP contribution in [0.1, 0.15) is 16.1 Å². The van der Waals surface area contributed by atoms with Crippen molar-refractivity contribution in [2.45, 2.75) is 6.54 Å². The summed E-state index contributed by atoms with van der Waals surface area (Å²) >= 11 is 13.4. The highest BCUT2D eigenvalue weighted by atomic mass is 35.5. The van der Waals surface area contributed by atoms with Crippen molar-refractivity contribution < 1.29 is 4.79 Å². The number of carbonyl (C=O) groups excluding carboxylic acids is 1. The molecular formula is C17H11Cl2N3OS. The van der Waals surface area contributed by atoms with Gasteiger partial charge in [-0.05, 0) is 23.8 Å². The Bertz CT molecular complexity index is 1070. The zero-order valence-corrected chi connectivity index (χ0v) is 14.6. The molecular weight excluding hydrogens is 365 g/mol. The Morgan fingerprint density at radius 2 is 2.08 bits per heavy atom. The van der Waals surface area contributed by atoms with E-state index in [0.29, 0.717) is 27.1 Å². The number of aromatic nitrogens is 2. The summed E-state index contributed by atoms with van der Waals surface area (Å²) in [4.78, 5) is 19.7. The van der Waals surface area contributed by atoms with Gasteiger partial charge in [-0.15, -0.1) is 11.3 Å². The molecule has 3 aromatic heterocycles. The van der Waals surface area contributed by atoms with Gasteiger partial charge >= 0.3 is 0 Å². The average Bonchev–Trinajstić information content (AvgIpc) is 3.12. The molecule has 7 heteroatoms. The number of halogens is 2. The number of nitrogens with one attached hydrogen (secondary N) is 2. The number of para-hydroxylation sites is 1. The summed E-state index contributed by atoms with van der Waals surface area (Å²) in [6.45, 7) is 0.401. The zero-order chi connectivity index (χ0) is 16.7. The van der Waals surface area contributed by atoms with Gasteiger partial charge in [-0.25, -0.2) is 0 Å². The van der Waals surface area contributed by atoms with Gasteiger partial charge in [0.05, 0.1) is 20.8 Å². The quantitative estimate of drug-likeness (QED) is 0.528. The van der Waals surface area contributed by atoms with Gasteiger partial charge in [0.2, 0.25) is 0 Å². The van der Waals surface area contributed by atoms with Crippen molar-refractivity contribution in [1.82, 2.24) is 15.3 Å². The predicted octanol–water partition coefficient (Wildman–Crippen LogP) is 5.01. The fraction of sp³-hybridized carbons (Fsp3) is 0.0588. The first-order chi connectivity index (χ1) is 11.6. The maximum absolute atomic E-state index is 12.3. The predicted molar refractivity (Wildman–Crippen MR) is 99.1 cm³/mol. The lowest BCUT2D eigenvalue weighted by Gasteiger charge is -2.05. The normalized spacial score (nSPS) is 11.2. The van der Waals surface area contributed by atoms with Gasteiger partial charge in [-0.3, -0.25) is 9.78 Å². The van der Waals surface area contributed by atoms with Crippen molar-refractivity contribution in [1.29, 1.82) is 0 Å². The van der Waals surface area contributed by atoms with Crippen LogP contribution < -0.4 is 5.32 Å². The molecule has 0 aliphatic heterocycles. The van der Waals surface area contributed by atoms with Crippen LogP contribution in [-0.4, -0.2) is 15.9 Å². The highest BCUT2D eigenvalue weighted by Gasteiger charge is 2.15. The van der Waals surface area contributed by atoms with Gasteiger partial charge in [0.25, 0.3) is 5.91 Å². The maximum Gasteiger partial charge on any atom is 0.268 e. The second kappa shape index (κ2) is 6.09. The van der Waals surface area contributed by atoms with Crippen molar-refractivity contribution >= 4 is 61.6 Å². The maximum atomic E-state index is 12.3. The number of fused-ring (bicyclic) bond motifs is 2. The van der Waals surface area contributed by atoms with Gasteiger partial charge < -0.3 is 10.3 Å². The van der Waals surface area contributed by atoms with Crippen LogP contribution in [0, 0.1) is 0 Å². The molecule has 4 aromatic rings. The van der Waals surface area contributed by atoms with Crippen LogP contribution >= 0.6 is 34.5 Å². The number of nitrogens with zero attached hydrogens (tertiary/aromatic N) is 1. The number of pyridine rings is 1. The topological polar surface area (TPSA) is 57.8 Å². The summed E-state index contributed by atoms with van der Waals surface area (Å²) in [7, 11) is 0. The summed E-state index contributed by atoms with van der Waals surface area (Å²) in [6.07, 6.45) is 1.77. The number of thiophene rings is 1. The first kappa shape index (κ1) is 15.4.